The van der Waals surface area contributed by atoms with Crippen molar-refractivity contribution in [2.75, 3.05) is 19.3 Å². The maximum absolute atomic E-state index is 5.10. The standard InChI is InChI=1S/C10H17N3OS2/c1-7-9(8(2)14-13-7)6-16-5-4-12-10(15)11-3/h4-6H2,1-3H3,(H2,11,12,15). The lowest BCUT2D eigenvalue weighted by atomic mass is 10.2. The Balaban J connectivity index is 2.19. The summed E-state index contributed by atoms with van der Waals surface area (Å²) in [5.74, 6) is 2.87. The van der Waals surface area contributed by atoms with Crippen molar-refractivity contribution in [1.82, 2.24) is 15.8 Å². The van der Waals surface area contributed by atoms with Gasteiger partial charge in [0.15, 0.2) is 5.11 Å². The molecule has 0 atom stereocenters. The molecule has 1 aromatic heterocycles. The van der Waals surface area contributed by atoms with E-state index >= 15 is 0 Å². The number of thioether (sulfide) groups is 1. The van der Waals surface area contributed by atoms with Gasteiger partial charge >= 0.3 is 0 Å². The fraction of sp³-hybridized carbons (Fsp3) is 0.600. The number of hydrogen-bond acceptors (Lipinski definition) is 4. The van der Waals surface area contributed by atoms with E-state index in [4.69, 9.17) is 16.7 Å². The van der Waals surface area contributed by atoms with Crippen molar-refractivity contribution < 1.29 is 4.52 Å². The summed E-state index contributed by atoms with van der Waals surface area (Å²) in [5, 5.41) is 10.6. The zero-order valence-electron chi connectivity index (χ0n) is 9.79. The third-order valence-corrected chi connectivity index (χ3v) is 3.52. The summed E-state index contributed by atoms with van der Waals surface area (Å²) in [6, 6.07) is 0. The first-order valence-electron chi connectivity index (χ1n) is 5.10. The summed E-state index contributed by atoms with van der Waals surface area (Å²) < 4.78 is 5.10. The number of nitrogens with one attached hydrogen (secondary N) is 2. The van der Waals surface area contributed by atoms with Crippen LogP contribution in [0.3, 0.4) is 0 Å². The molecule has 0 fully saturated rings. The molecule has 0 unspecified atom stereocenters. The van der Waals surface area contributed by atoms with Crippen molar-refractivity contribution in [3.05, 3.63) is 17.0 Å². The van der Waals surface area contributed by atoms with Crippen LogP contribution in [0.2, 0.25) is 0 Å². The lowest BCUT2D eigenvalue weighted by molar-refractivity contribution is 0.392. The SMILES string of the molecule is CNC(=S)NCCSCc1c(C)noc1C. The van der Waals surface area contributed by atoms with Crippen LogP contribution in [0.1, 0.15) is 17.0 Å². The Morgan fingerprint density at radius 2 is 2.25 bits per heavy atom. The number of nitrogens with zero attached hydrogens (tertiary/aromatic N) is 1. The van der Waals surface area contributed by atoms with Crippen LogP contribution in [0.4, 0.5) is 0 Å². The molecule has 16 heavy (non-hydrogen) atoms. The van der Waals surface area contributed by atoms with Gasteiger partial charge in [-0.2, -0.15) is 11.8 Å². The van der Waals surface area contributed by atoms with E-state index in [0.29, 0.717) is 5.11 Å². The molecule has 4 nitrogen and oxygen atoms in total. The molecule has 0 saturated carbocycles. The highest BCUT2D eigenvalue weighted by Crippen LogP contribution is 2.18. The Bertz CT molecular complexity index is 332. The molecule has 0 amide bonds. The van der Waals surface area contributed by atoms with Crippen molar-refractivity contribution in [2.24, 2.45) is 0 Å². The van der Waals surface area contributed by atoms with Crippen LogP contribution in [-0.4, -0.2) is 29.6 Å². The average Bonchev–Trinajstić information content (AvgIpc) is 2.59. The lowest BCUT2D eigenvalue weighted by Crippen LogP contribution is -2.33. The summed E-state index contributed by atoms with van der Waals surface area (Å²) in [5.41, 5.74) is 2.20. The van der Waals surface area contributed by atoms with Crippen LogP contribution >= 0.6 is 24.0 Å². The molecule has 1 aromatic rings. The zero-order valence-corrected chi connectivity index (χ0v) is 11.4. The molecule has 2 N–H and O–H groups in total. The lowest BCUT2D eigenvalue weighted by Gasteiger charge is -2.06. The van der Waals surface area contributed by atoms with Gasteiger partial charge in [-0.3, -0.25) is 0 Å². The first kappa shape index (κ1) is 13.3. The molecular weight excluding hydrogens is 242 g/mol. The molecule has 1 rings (SSSR count). The van der Waals surface area contributed by atoms with Crippen LogP contribution in [0.15, 0.2) is 4.52 Å². The Hall–Kier alpha value is -0.750. The van der Waals surface area contributed by atoms with Gasteiger partial charge in [0.05, 0.1) is 5.69 Å². The van der Waals surface area contributed by atoms with Crippen LogP contribution in [0.25, 0.3) is 0 Å². The van der Waals surface area contributed by atoms with Gasteiger partial charge in [0.1, 0.15) is 5.76 Å². The highest BCUT2D eigenvalue weighted by molar-refractivity contribution is 7.98. The van der Waals surface area contributed by atoms with Crippen LogP contribution in [0.5, 0.6) is 0 Å². The second-order valence-corrected chi connectivity index (χ2v) is 4.87. The minimum absolute atomic E-state index is 0.693. The summed E-state index contributed by atoms with van der Waals surface area (Å²) in [6.45, 7) is 4.79. The van der Waals surface area contributed by atoms with Gasteiger partial charge in [-0.1, -0.05) is 5.16 Å². The molecule has 0 aromatic carbocycles. The van der Waals surface area contributed by atoms with Crippen LogP contribution in [0, 0.1) is 13.8 Å². The summed E-state index contributed by atoms with van der Waals surface area (Å²) >= 11 is 6.81. The molecular formula is C10H17N3OS2. The summed E-state index contributed by atoms with van der Waals surface area (Å²) in [6.07, 6.45) is 0. The van der Waals surface area contributed by atoms with Crippen molar-refractivity contribution in [1.29, 1.82) is 0 Å². The second kappa shape index (κ2) is 6.75. The molecule has 0 spiro atoms. The number of rotatable bonds is 5. The summed E-state index contributed by atoms with van der Waals surface area (Å²) in [7, 11) is 1.81. The van der Waals surface area contributed by atoms with Gasteiger partial charge in [0.2, 0.25) is 0 Å². The minimum Gasteiger partial charge on any atom is -0.366 e. The van der Waals surface area contributed by atoms with Gasteiger partial charge in [0.25, 0.3) is 0 Å². The Morgan fingerprint density at radius 1 is 1.50 bits per heavy atom. The number of aromatic nitrogens is 1. The Morgan fingerprint density at radius 3 is 2.81 bits per heavy atom. The molecule has 0 aliphatic heterocycles. The molecule has 0 bridgehead atoms. The molecule has 90 valence electrons. The Labute approximate surface area is 106 Å². The molecule has 0 aliphatic carbocycles. The summed E-state index contributed by atoms with van der Waals surface area (Å²) in [4.78, 5) is 0. The first-order valence-corrected chi connectivity index (χ1v) is 6.66. The smallest absolute Gasteiger partial charge is 0.166 e. The van der Waals surface area contributed by atoms with E-state index in [1.807, 2.05) is 32.7 Å². The topological polar surface area (TPSA) is 50.1 Å². The third kappa shape index (κ3) is 4.02. The van der Waals surface area contributed by atoms with E-state index in [9.17, 15) is 0 Å². The van der Waals surface area contributed by atoms with Gasteiger partial charge in [-0.05, 0) is 26.1 Å². The van der Waals surface area contributed by atoms with Crippen molar-refractivity contribution in [3.63, 3.8) is 0 Å². The quantitative estimate of drug-likeness (QED) is 0.619. The molecule has 0 radical (unpaired) electrons. The van der Waals surface area contributed by atoms with Crippen molar-refractivity contribution in [2.45, 2.75) is 19.6 Å². The fourth-order valence-corrected chi connectivity index (χ4v) is 2.32. The van der Waals surface area contributed by atoms with E-state index in [2.05, 4.69) is 15.8 Å². The molecule has 6 heteroatoms. The Kier molecular flexibility index (Phi) is 5.62. The van der Waals surface area contributed by atoms with Crippen molar-refractivity contribution in [3.8, 4) is 0 Å². The molecule has 0 aliphatic rings. The normalized spacial score (nSPS) is 10.2. The molecule has 1 heterocycles. The van der Waals surface area contributed by atoms with Gasteiger partial charge < -0.3 is 15.2 Å². The number of thiocarbonyl (C=S) groups is 1. The maximum Gasteiger partial charge on any atom is 0.166 e. The van der Waals surface area contributed by atoms with E-state index in [1.165, 1.54) is 5.56 Å². The largest absolute Gasteiger partial charge is 0.366 e. The number of aryl methyl sites for hydroxylation is 2. The highest BCUT2D eigenvalue weighted by Gasteiger charge is 2.07. The second-order valence-electron chi connectivity index (χ2n) is 3.36. The van der Waals surface area contributed by atoms with Crippen LogP contribution in [-0.2, 0) is 5.75 Å². The van der Waals surface area contributed by atoms with E-state index < -0.39 is 0 Å². The monoisotopic (exact) mass is 259 g/mol. The van der Waals surface area contributed by atoms with Gasteiger partial charge in [-0.25, -0.2) is 0 Å². The van der Waals surface area contributed by atoms with Gasteiger partial charge in [0, 0.05) is 30.7 Å². The maximum atomic E-state index is 5.10. The predicted octanol–water partition coefficient (Wildman–Crippen LogP) is 1.62. The third-order valence-electron chi connectivity index (χ3n) is 2.19. The van der Waals surface area contributed by atoms with E-state index in [-0.39, 0.29) is 0 Å². The van der Waals surface area contributed by atoms with E-state index in [0.717, 1.165) is 29.5 Å². The zero-order chi connectivity index (χ0) is 12.0. The predicted molar refractivity (Wildman–Crippen MR) is 71.8 cm³/mol. The van der Waals surface area contributed by atoms with Crippen molar-refractivity contribution >= 4 is 29.1 Å². The van der Waals surface area contributed by atoms with Crippen LogP contribution < -0.4 is 10.6 Å². The highest BCUT2D eigenvalue weighted by atomic mass is 32.2. The molecule has 0 saturated heterocycles. The first-order chi connectivity index (χ1) is 7.65. The van der Waals surface area contributed by atoms with Gasteiger partial charge in [-0.15, -0.1) is 0 Å². The number of hydrogen-bond donors (Lipinski definition) is 2. The van der Waals surface area contributed by atoms with E-state index in [1.54, 1.807) is 0 Å². The fourth-order valence-electron chi connectivity index (χ4n) is 1.21. The average molecular weight is 259 g/mol. The minimum atomic E-state index is 0.693.